The van der Waals surface area contributed by atoms with Crippen molar-refractivity contribution in [1.82, 2.24) is 9.96 Å². The third kappa shape index (κ3) is 5.22. The molecule has 0 aliphatic heterocycles. The van der Waals surface area contributed by atoms with Crippen molar-refractivity contribution in [2.75, 3.05) is 14.1 Å². The lowest BCUT2D eigenvalue weighted by Gasteiger charge is -2.40. The van der Waals surface area contributed by atoms with Gasteiger partial charge in [-0.15, -0.1) is 0 Å². The number of likely N-dealkylation sites (N-methyl/N-ethyl adjacent to an activating group) is 1. The van der Waals surface area contributed by atoms with Gasteiger partial charge in [0, 0.05) is 14.1 Å². The number of rotatable bonds is 7. The molecule has 1 atom stereocenters. The molecule has 0 aromatic heterocycles. The molecule has 1 aliphatic carbocycles. The van der Waals surface area contributed by atoms with Crippen LogP contribution in [0.15, 0.2) is 30.3 Å². The molecule has 1 aromatic carbocycles. The summed E-state index contributed by atoms with van der Waals surface area (Å²) < 4.78 is 5.23. The van der Waals surface area contributed by atoms with Gasteiger partial charge in [0.25, 0.3) is 5.91 Å². The van der Waals surface area contributed by atoms with Gasteiger partial charge in [-0.25, -0.2) is 14.7 Å². The predicted molar refractivity (Wildman–Crippen MR) is 101 cm³/mol. The van der Waals surface area contributed by atoms with Crippen molar-refractivity contribution in [3.05, 3.63) is 35.9 Å². The van der Waals surface area contributed by atoms with E-state index in [0.717, 1.165) is 29.7 Å². The second-order valence-electron chi connectivity index (χ2n) is 7.38. The molecule has 0 spiro atoms. The van der Waals surface area contributed by atoms with Gasteiger partial charge in [-0.2, -0.15) is 0 Å². The Morgan fingerprint density at radius 3 is 2.25 bits per heavy atom. The van der Waals surface area contributed by atoms with Gasteiger partial charge in [0.1, 0.15) is 12.6 Å². The summed E-state index contributed by atoms with van der Waals surface area (Å²) in [6.45, 7) is 0.0276. The number of ether oxygens (including phenoxy) is 1. The van der Waals surface area contributed by atoms with Gasteiger partial charge in [-0.1, -0.05) is 49.6 Å². The molecule has 1 aliphatic rings. The van der Waals surface area contributed by atoms with Crippen LogP contribution < -0.4 is 0 Å². The monoisotopic (exact) mass is 392 g/mol. The number of hydrogen-bond donors (Lipinski definition) is 2. The molecule has 0 heterocycles. The smallest absolute Gasteiger partial charge is 0.410 e. The van der Waals surface area contributed by atoms with Gasteiger partial charge < -0.3 is 9.84 Å². The first-order valence-corrected chi connectivity index (χ1v) is 9.40. The number of aliphatic carboxylic acids is 1. The fourth-order valence-corrected chi connectivity index (χ4v) is 3.79. The summed E-state index contributed by atoms with van der Waals surface area (Å²) in [5.74, 6) is -1.72. The van der Waals surface area contributed by atoms with E-state index < -0.39 is 29.4 Å². The Bertz CT molecular complexity index is 685. The van der Waals surface area contributed by atoms with E-state index in [2.05, 4.69) is 0 Å². The number of benzene rings is 1. The zero-order valence-electron chi connectivity index (χ0n) is 16.3. The average molecular weight is 392 g/mol. The average Bonchev–Trinajstić information content (AvgIpc) is 2.70. The highest BCUT2D eigenvalue weighted by Crippen LogP contribution is 2.42. The molecule has 1 aromatic rings. The molecule has 1 fully saturated rings. The lowest BCUT2D eigenvalue weighted by Crippen LogP contribution is -2.50. The first kappa shape index (κ1) is 21.7. The van der Waals surface area contributed by atoms with Crippen molar-refractivity contribution < 1.29 is 29.4 Å². The molecule has 2 amide bonds. The molecule has 1 saturated carbocycles. The number of hydrogen-bond acceptors (Lipinski definition) is 5. The molecular weight excluding hydrogens is 364 g/mol. The molecular formula is C20H28N2O6. The van der Waals surface area contributed by atoms with Crippen LogP contribution in [0.4, 0.5) is 4.79 Å². The number of carboxylic acids is 1. The SMILES string of the molecule is CN(O)C(=O)C1(C[C@@H](C(=O)O)N(C)C(=O)OCc2ccccc2)CCCCC1. The molecule has 8 heteroatoms. The molecule has 2 rings (SSSR count). The number of amides is 2. The topological polar surface area (TPSA) is 107 Å². The van der Waals surface area contributed by atoms with Gasteiger partial charge >= 0.3 is 12.1 Å². The van der Waals surface area contributed by atoms with Crippen molar-refractivity contribution in [3.8, 4) is 0 Å². The highest BCUT2D eigenvalue weighted by Gasteiger charge is 2.46. The number of nitrogens with zero attached hydrogens (tertiary/aromatic N) is 2. The Hall–Kier alpha value is -2.61. The predicted octanol–water partition coefficient (Wildman–Crippen LogP) is 2.90. The highest BCUT2D eigenvalue weighted by atomic mass is 16.6. The van der Waals surface area contributed by atoms with Crippen LogP contribution in [0.1, 0.15) is 44.1 Å². The third-order valence-corrected chi connectivity index (χ3v) is 5.39. The summed E-state index contributed by atoms with van der Waals surface area (Å²) in [6, 6.07) is 7.85. The molecule has 0 saturated heterocycles. The highest BCUT2D eigenvalue weighted by molar-refractivity contribution is 5.84. The van der Waals surface area contributed by atoms with Crippen LogP contribution in [0.2, 0.25) is 0 Å². The first-order valence-electron chi connectivity index (χ1n) is 9.40. The summed E-state index contributed by atoms with van der Waals surface area (Å²) in [5.41, 5.74) is -0.212. The van der Waals surface area contributed by atoms with Gasteiger partial charge in [-0.3, -0.25) is 14.9 Å². The summed E-state index contributed by atoms with van der Waals surface area (Å²) >= 11 is 0. The standard InChI is InChI=1S/C20H28N2O6/c1-21(19(26)28-14-15-9-5-3-6-10-15)16(17(23)24)13-20(18(25)22(2)27)11-7-4-8-12-20/h3,5-6,9-10,16,27H,4,7-8,11-14H2,1-2H3,(H,23,24)/t16-/m0/s1. The minimum atomic E-state index is -1.23. The van der Waals surface area contributed by atoms with Gasteiger partial charge in [0.05, 0.1) is 5.41 Å². The lowest BCUT2D eigenvalue weighted by atomic mass is 9.69. The van der Waals surface area contributed by atoms with Crippen molar-refractivity contribution in [2.45, 2.75) is 51.2 Å². The van der Waals surface area contributed by atoms with Crippen molar-refractivity contribution in [2.24, 2.45) is 5.41 Å². The van der Waals surface area contributed by atoms with Crippen molar-refractivity contribution in [1.29, 1.82) is 0 Å². The summed E-state index contributed by atoms with van der Waals surface area (Å²) in [6.07, 6.45) is 2.62. The Kier molecular flexibility index (Phi) is 7.39. The number of carboxylic acid groups (broad SMARTS) is 1. The minimum absolute atomic E-state index is 0.0276. The van der Waals surface area contributed by atoms with Crippen molar-refractivity contribution in [3.63, 3.8) is 0 Å². The molecule has 0 bridgehead atoms. The van der Waals surface area contributed by atoms with Crippen LogP contribution in [-0.2, 0) is 20.9 Å². The molecule has 0 unspecified atom stereocenters. The van der Waals surface area contributed by atoms with Gasteiger partial charge in [-0.05, 0) is 24.8 Å². The maximum atomic E-state index is 12.6. The number of hydroxylamine groups is 2. The van der Waals surface area contributed by atoms with Crippen LogP contribution in [0, 0.1) is 5.41 Å². The largest absolute Gasteiger partial charge is 0.480 e. The second kappa shape index (κ2) is 9.54. The summed E-state index contributed by atoms with van der Waals surface area (Å²) in [5, 5.41) is 19.9. The number of carbonyl (C=O) groups is 3. The van der Waals surface area contributed by atoms with Gasteiger partial charge in [0.2, 0.25) is 0 Å². The molecule has 8 nitrogen and oxygen atoms in total. The van der Waals surface area contributed by atoms with E-state index in [1.807, 2.05) is 18.2 Å². The summed E-state index contributed by atoms with van der Waals surface area (Å²) in [4.78, 5) is 37.9. The molecule has 0 radical (unpaired) electrons. The van der Waals surface area contributed by atoms with E-state index in [4.69, 9.17) is 4.74 Å². The minimum Gasteiger partial charge on any atom is -0.480 e. The maximum Gasteiger partial charge on any atom is 0.410 e. The van der Waals surface area contributed by atoms with Crippen LogP contribution >= 0.6 is 0 Å². The molecule has 28 heavy (non-hydrogen) atoms. The zero-order valence-corrected chi connectivity index (χ0v) is 16.3. The molecule has 154 valence electrons. The second-order valence-corrected chi connectivity index (χ2v) is 7.38. The maximum absolute atomic E-state index is 12.6. The fourth-order valence-electron chi connectivity index (χ4n) is 3.79. The van der Waals surface area contributed by atoms with Crippen LogP contribution in [-0.4, -0.2) is 58.4 Å². The van der Waals surface area contributed by atoms with E-state index in [0.29, 0.717) is 17.9 Å². The van der Waals surface area contributed by atoms with Gasteiger partial charge in [0.15, 0.2) is 0 Å². The lowest BCUT2D eigenvalue weighted by molar-refractivity contribution is -0.175. The quantitative estimate of drug-likeness (QED) is 0.546. The molecule has 2 N–H and O–H groups in total. The van der Waals surface area contributed by atoms with E-state index in [-0.39, 0.29) is 13.0 Å². The van der Waals surface area contributed by atoms with Crippen LogP contribution in [0.5, 0.6) is 0 Å². The summed E-state index contributed by atoms with van der Waals surface area (Å²) in [7, 11) is 2.60. The zero-order chi connectivity index (χ0) is 20.7. The van der Waals surface area contributed by atoms with E-state index in [9.17, 15) is 24.7 Å². The van der Waals surface area contributed by atoms with E-state index in [1.54, 1.807) is 12.1 Å². The van der Waals surface area contributed by atoms with Crippen LogP contribution in [0.3, 0.4) is 0 Å². The first-order chi connectivity index (χ1) is 13.3. The van der Waals surface area contributed by atoms with Crippen molar-refractivity contribution >= 4 is 18.0 Å². The Morgan fingerprint density at radius 1 is 1.11 bits per heavy atom. The van der Waals surface area contributed by atoms with E-state index >= 15 is 0 Å². The third-order valence-electron chi connectivity index (χ3n) is 5.39. The number of carbonyl (C=O) groups excluding carboxylic acids is 2. The Labute approximate surface area is 164 Å². The van der Waals surface area contributed by atoms with E-state index in [1.165, 1.54) is 14.1 Å². The fraction of sp³-hybridized carbons (Fsp3) is 0.550. The Balaban J connectivity index is 2.12. The van der Waals surface area contributed by atoms with Crippen LogP contribution in [0.25, 0.3) is 0 Å². The normalized spacial score (nSPS) is 16.7. The Morgan fingerprint density at radius 2 is 1.71 bits per heavy atom.